The molecule has 2 aromatic carbocycles. The van der Waals surface area contributed by atoms with Gasteiger partial charge in [0, 0.05) is 0 Å². The SMILES string of the molecule is CCOc1ccc(-c2ccc([C@H]3CC[C@H](C/C=C/F)CC3)cc2)cc1. The molecular formula is C23H27FO. The number of hydrogen-bond donors (Lipinski definition) is 0. The number of allylic oxidation sites excluding steroid dienone is 1. The van der Waals surface area contributed by atoms with Gasteiger partial charge in [0.15, 0.2) is 0 Å². The summed E-state index contributed by atoms with van der Waals surface area (Å²) in [6.07, 6.45) is 8.08. The number of halogens is 1. The molecule has 0 bridgehead atoms. The lowest BCUT2D eigenvalue weighted by Gasteiger charge is -2.28. The fraction of sp³-hybridized carbons (Fsp3) is 0.391. The fourth-order valence-corrected chi connectivity index (χ4v) is 3.83. The van der Waals surface area contributed by atoms with Crippen LogP contribution in [0.15, 0.2) is 60.9 Å². The van der Waals surface area contributed by atoms with Crippen molar-refractivity contribution in [2.45, 2.75) is 44.9 Å². The molecule has 132 valence electrons. The first-order chi connectivity index (χ1) is 12.3. The van der Waals surface area contributed by atoms with Crippen LogP contribution < -0.4 is 4.74 Å². The number of ether oxygens (including phenoxy) is 1. The second-order valence-corrected chi connectivity index (χ2v) is 6.89. The van der Waals surface area contributed by atoms with Crippen molar-refractivity contribution in [1.82, 2.24) is 0 Å². The van der Waals surface area contributed by atoms with E-state index in [9.17, 15) is 4.39 Å². The Bertz CT molecular complexity index is 664. The van der Waals surface area contributed by atoms with Gasteiger partial charge in [0.25, 0.3) is 0 Å². The Morgan fingerprint density at radius 3 is 2.08 bits per heavy atom. The van der Waals surface area contributed by atoms with Gasteiger partial charge in [0.2, 0.25) is 0 Å². The van der Waals surface area contributed by atoms with E-state index in [4.69, 9.17) is 4.74 Å². The van der Waals surface area contributed by atoms with E-state index in [1.165, 1.54) is 42.4 Å². The van der Waals surface area contributed by atoms with Crippen molar-refractivity contribution >= 4 is 0 Å². The monoisotopic (exact) mass is 338 g/mol. The third-order valence-corrected chi connectivity index (χ3v) is 5.29. The number of benzene rings is 2. The van der Waals surface area contributed by atoms with Crippen LogP contribution in [0.25, 0.3) is 11.1 Å². The molecular weight excluding hydrogens is 311 g/mol. The zero-order chi connectivity index (χ0) is 17.5. The molecule has 1 aliphatic carbocycles. The van der Waals surface area contributed by atoms with Crippen molar-refractivity contribution in [1.29, 1.82) is 0 Å². The van der Waals surface area contributed by atoms with Crippen molar-refractivity contribution < 1.29 is 9.13 Å². The minimum absolute atomic E-state index is 0.653. The molecule has 3 rings (SSSR count). The summed E-state index contributed by atoms with van der Waals surface area (Å²) >= 11 is 0. The second-order valence-electron chi connectivity index (χ2n) is 6.89. The summed E-state index contributed by atoms with van der Waals surface area (Å²) in [5.74, 6) is 2.23. The second kappa shape index (κ2) is 8.84. The van der Waals surface area contributed by atoms with Crippen molar-refractivity contribution in [2.24, 2.45) is 5.92 Å². The van der Waals surface area contributed by atoms with E-state index < -0.39 is 0 Å². The lowest BCUT2D eigenvalue weighted by molar-refractivity contribution is 0.327. The summed E-state index contributed by atoms with van der Waals surface area (Å²) in [4.78, 5) is 0. The average Bonchev–Trinajstić information content (AvgIpc) is 2.68. The van der Waals surface area contributed by atoms with Crippen molar-refractivity contribution in [3.05, 3.63) is 66.5 Å². The zero-order valence-electron chi connectivity index (χ0n) is 15.0. The van der Waals surface area contributed by atoms with Crippen LogP contribution in [-0.2, 0) is 0 Å². The van der Waals surface area contributed by atoms with E-state index in [2.05, 4.69) is 36.4 Å². The summed E-state index contributed by atoms with van der Waals surface area (Å²) in [7, 11) is 0. The molecule has 0 aromatic heterocycles. The quantitative estimate of drug-likeness (QED) is 0.556. The van der Waals surface area contributed by atoms with E-state index in [1.807, 2.05) is 19.1 Å². The Morgan fingerprint density at radius 2 is 1.52 bits per heavy atom. The summed E-state index contributed by atoms with van der Waals surface area (Å²) in [5.41, 5.74) is 3.90. The van der Waals surface area contributed by atoms with E-state index in [0.29, 0.717) is 24.8 Å². The third-order valence-electron chi connectivity index (χ3n) is 5.29. The lowest BCUT2D eigenvalue weighted by Crippen LogP contribution is -2.12. The molecule has 0 N–H and O–H groups in total. The first kappa shape index (κ1) is 17.7. The molecule has 2 aromatic rings. The van der Waals surface area contributed by atoms with Crippen LogP contribution in [-0.4, -0.2) is 6.61 Å². The van der Waals surface area contributed by atoms with Crippen LogP contribution >= 0.6 is 0 Å². The number of hydrogen-bond acceptors (Lipinski definition) is 1. The van der Waals surface area contributed by atoms with Crippen molar-refractivity contribution in [3.8, 4) is 16.9 Å². The molecule has 25 heavy (non-hydrogen) atoms. The van der Waals surface area contributed by atoms with Crippen LogP contribution in [0.3, 0.4) is 0 Å². The molecule has 0 aliphatic heterocycles. The Labute approximate surface area is 150 Å². The van der Waals surface area contributed by atoms with Crippen LogP contribution in [0.5, 0.6) is 5.75 Å². The van der Waals surface area contributed by atoms with E-state index in [1.54, 1.807) is 6.08 Å². The van der Waals surface area contributed by atoms with Crippen LogP contribution in [0, 0.1) is 5.92 Å². The molecule has 2 heteroatoms. The molecule has 0 unspecified atom stereocenters. The highest BCUT2D eigenvalue weighted by molar-refractivity contribution is 5.64. The van der Waals surface area contributed by atoms with Crippen molar-refractivity contribution in [2.75, 3.05) is 6.61 Å². The summed E-state index contributed by atoms with van der Waals surface area (Å²) in [5, 5.41) is 0. The Balaban J connectivity index is 1.61. The predicted molar refractivity (Wildman–Crippen MR) is 103 cm³/mol. The first-order valence-electron chi connectivity index (χ1n) is 9.38. The highest BCUT2D eigenvalue weighted by Crippen LogP contribution is 2.37. The lowest BCUT2D eigenvalue weighted by atomic mass is 9.77. The van der Waals surface area contributed by atoms with E-state index in [-0.39, 0.29) is 0 Å². The topological polar surface area (TPSA) is 9.23 Å². The van der Waals surface area contributed by atoms with Crippen LogP contribution in [0.1, 0.15) is 50.5 Å². The molecule has 0 atom stereocenters. The maximum atomic E-state index is 12.1. The molecule has 0 heterocycles. The molecule has 0 saturated heterocycles. The molecule has 0 spiro atoms. The molecule has 1 fully saturated rings. The standard InChI is InChI=1S/C23H27FO/c1-2-25-23-15-13-22(14-16-23)21-11-9-20(10-12-21)19-7-5-18(6-8-19)4-3-17-24/h3,9-19H,2,4-8H2,1H3/b17-3+/t18-,19-. The fourth-order valence-electron chi connectivity index (χ4n) is 3.83. The highest BCUT2D eigenvalue weighted by Gasteiger charge is 2.21. The zero-order valence-corrected chi connectivity index (χ0v) is 15.0. The molecule has 1 saturated carbocycles. The maximum absolute atomic E-state index is 12.1. The van der Waals surface area contributed by atoms with Crippen molar-refractivity contribution in [3.63, 3.8) is 0 Å². The largest absolute Gasteiger partial charge is 0.494 e. The minimum atomic E-state index is 0.653. The molecule has 1 aliphatic rings. The highest BCUT2D eigenvalue weighted by atomic mass is 19.1. The summed E-state index contributed by atoms with van der Waals surface area (Å²) in [6, 6.07) is 17.3. The Morgan fingerprint density at radius 1 is 0.920 bits per heavy atom. The van der Waals surface area contributed by atoms with Crippen LogP contribution in [0.4, 0.5) is 4.39 Å². The maximum Gasteiger partial charge on any atom is 0.119 e. The third kappa shape index (κ3) is 4.72. The summed E-state index contributed by atoms with van der Waals surface area (Å²) in [6.45, 7) is 2.69. The first-order valence-corrected chi connectivity index (χ1v) is 9.38. The molecule has 1 nitrogen and oxygen atoms in total. The van der Waals surface area contributed by atoms with E-state index >= 15 is 0 Å². The average molecular weight is 338 g/mol. The van der Waals surface area contributed by atoms with Gasteiger partial charge in [0.05, 0.1) is 12.9 Å². The minimum Gasteiger partial charge on any atom is -0.494 e. The summed E-state index contributed by atoms with van der Waals surface area (Å²) < 4.78 is 17.6. The van der Waals surface area contributed by atoms with Gasteiger partial charge in [-0.3, -0.25) is 0 Å². The molecule has 0 amide bonds. The van der Waals surface area contributed by atoms with Gasteiger partial charge < -0.3 is 4.74 Å². The van der Waals surface area contributed by atoms with Gasteiger partial charge >= 0.3 is 0 Å². The van der Waals surface area contributed by atoms with Gasteiger partial charge in [-0.2, -0.15) is 0 Å². The normalized spacial score (nSPS) is 20.7. The van der Waals surface area contributed by atoms with Gasteiger partial charge in [-0.1, -0.05) is 42.5 Å². The van der Waals surface area contributed by atoms with Crippen LogP contribution in [0.2, 0.25) is 0 Å². The Kier molecular flexibility index (Phi) is 6.27. The Hall–Kier alpha value is -2.09. The smallest absolute Gasteiger partial charge is 0.119 e. The van der Waals surface area contributed by atoms with Gasteiger partial charge in [-0.05, 0) is 79.7 Å². The van der Waals surface area contributed by atoms with Gasteiger partial charge in [-0.25, -0.2) is 4.39 Å². The van der Waals surface area contributed by atoms with E-state index in [0.717, 1.165) is 12.2 Å². The predicted octanol–water partition coefficient (Wildman–Crippen LogP) is 6.90. The number of rotatable bonds is 6. The van der Waals surface area contributed by atoms with Gasteiger partial charge in [-0.15, -0.1) is 0 Å². The van der Waals surface area contributed by atoms with Gasteiger partial charge in [0.1, 0.15) is 5.75 Å². The molecule has 0 radical (unpaired) electrons.